The maximum absolute atomic E-state index is 6.24. The van der Waals surface area contributed by atoms with E-state index in [-0.39, 0.29) is 5.72 Å². The van der Waals surface area contributed by atoms with Crippen molar-refractivity contribution >= 4 is 17.4 Å². The maximum atomic E-state index is 6.24. The summed E-state index contributed by atoms with van der Waals surface area (Å²) in [5.41, 5.74) is 1.98. The Hall–Kier alpha value is -2.04. The van der Waals surface area contributed by atoms with Crippen LogP contribution in [0.15, 0.2) is 59.8 Å². The SMILES string of the molecule is Clc1ccc(C2=NOC3(CN4CCC3CC4)N2Cc2ccccc2)cc1. The second-order valence-corrected chi connectivity index (χ2v) is 7.92. The lowest BCUT2D eigenvalue weighted by atomic mass is 9.79. The van der Waals surface area contributed by atoms with Crippen LogP contribution in [-0.2, 0) is 11.4 Å². The molecule has 2 aromatic carbocycles. The van der Waals surface area contributed by atoms with Crippen LogP contribution in [0.2, 0.25) is 5.02 Å². The Bertz CT molecular complexity index is 815. The fourth-order valence-corrected chi connectivity index (χ4v) is 4.71. The first-order valence-electron chi connectivity index (χ1n) is 9.31. The van der Waals surface area contributed by atoms with Crippen LogP contribution in [0.5, 0.6) is 0 Å². The highest BCUT2D eigenvalue weighted by Gasteiger charge is 2.57. The van der Waals surface area contributed by atoms with Crippen LogP contribution in [0.25, 0.3) is 0 Å². The molecule has 5 heteroatoms. The van der Waals surface area contributed by atoms with Crippen LogP contribution in [0.4, 0.5) is 0 Å². The van der Waals surface area contributed by atoms with Crippen molar-refractivity contribution in [3.8, 4) is 0 Å². The predicted molar refractivity (Wildman–Crippen MR) is 103 cm³/mol. The Morgan fingerprint density at radius 1 is 1.04 bits per heavy atom. The van der Waals surface area contributed by atoms with Gasteiger partial charge < -0.3 is 9.74 Å². The summed E-state index contributed by atoms with van der Waals surface area (Å²) < 4.78 is 0. The zero-order valence-electron chi connectivity index (χ0n) is 14.6. The molecule has 2 bridgehead atoms. The predicted octanol–water partition coefficient (Wildman–Crippen LogP) is 3.96. The fraction of sp³-hybridized carbons (Fsp3) is 0.381. The van der Waals surface area contributed by atoms with Crippen molar-refractivity contribution in [3.63, 3.8) is 0 Å². The van der Waals surface area contributed by atoms with Gasteiger partial charge in [0, 0.05) is 23.0 Å². The molecule has 0 aromatic heterocycles. The summed E-state index contributed by atoms with van der Waals surface area (Å²) in [5, 5.41) is 5.32. The highest BCUT2D eigenvalue weighted by molar-refractivity contribution is 6.30. The summed E-state index contributed by atoms with van der Waals surface area (Å²) >= 11 is 6.09. The Balaban J connectivity index is 1.53. The first-order valence-corrected chi connectivity index (χ1v) is 9.68. The number of rotatable bonds is 3. The third kappa shape index (κ3) is 2.60. The van der Waals surface area contributed by atoms with Crippen LogP contribution < -0.4 is 0 Å². The molecule has 134 valence electrons. The molecule has 26 heavy (non-hydrogen) atoms. The molecule has 0 aliphatic carbocycles. The minimum Gasteiger partial charge on any atom is -0.363 e. The number of hydrogen-bond donors (Lipinski definition) is 0. The molecular formula is C21H22ClN3O. The van der Waals surface area contributed by atoms with Crippen LogP contribution in [0.1, 0.15) is 24.0 Å². The smallest absolute Gasteiger partial charge is 0.227 e. The first kappa shape index (κ1) is 16.2. The minimum absolute atomic E-state index is 0.346. The van der Waals surface area contributed by atoms with E-state index in [1.165, 1.54) is 31.5 Å². The Kier molecular flexibility index (Phi) is 3.91. The Morgan fingerprint density at radius 2 is 1.77 bits per heavy atom. The second-order valence-electron chi connectivity index (χ2n) is 7.48. The normalized spacial score (nSPS) is 29.7. The van der Waals surface area contributed by atoms with Gasteiger partial charge in [-0.3, -0.25) is 4.90 Å². The van der Waals surface area contributed by atoms with Gasteiger partial charge in [0.25, 0.3) is 0 Å². The van der Waals surface area contributed by atoms with E-state index in [0.717, 1.165) is 29.5 Å². The molecule has 0 saturated carbocycles. The van der Waals surface area contributed by atoms with Crippen molar-refractivity contribution in [2.45, 2.75) is 25.1 Å². The second kappa shape index (κ2) is 6.29. The van der Waals surface area contributed by atoms with Gasteiger partial charge in [0.2, 0.25) is 5.72 Å². The van der Waals surface area contributed by atoms with Crippen LogP contribution in [0, 0.1) is 5.92 Å². The maximum Gasteiger partial charge on any atom is 0.227 e. The number of nitrogens with zero attached hydrogens (tertiary/aromatic N) is 3. The zero-order chi connectivity index (χ0) is 17.6. The summed E-state index contributed by atoms with van der Waals surface area (Å²) in [6.07, 6.45) is 2.35. The van der Waals surface area contributed by atoms with Gasteiger partial charge >= 0.3 is 0 Å². The van der Waals surface area contributed by atoms with Crippen molar-refractivity contribution in [2.75, 3.05) is 19.6 Å². The van der Waals surface area contributed by atoms with Crippen LogP contribution >= 0.6 is 11.6 Å². The molecule has 0 N–H and O–H groups in total. The van der Waals surface area contributed by atoms with Gasteiger partial charge in [0.1, 0.15) is 0 Å². The average Bonchev–Trinajstić information content (AvgIpc) is 3.02. The van der Waals surface area contributed by atoms with E-state index in [2.05, 4.69) is 45.3 Å². The number of amidine groups is 1. The van der Waals surface area contributed by atoms with Crippen molar-refractivity contribution in [1.29, 1.82) is 0 Å². The van der Waals surface area contributed by atoms with E-state index in [9.17, 15) is 0 Å². The molecule has 1 spiro atoms. The van der Waals surface area contributed by atoms with E-state index in [1.54, 1.807) is 0 Å². The molecule has 4 aliphatic heterocycles. The third-order valence-corrected chi connectivity index (χ3v) is 6.22. The van der Waals surface area contributed by atoms with Crippen molar-refractivity contribution in [2.24, 2.45) is 11.1 Å². The van der Waals surface area contributed by atoms with Crippen molar-refractivity contribution < 1.29 is 4.84 Å². The highest BCUT2D eigenvalue weighted by atomic mass is 35.5. The van der Waals surface area contributed by atoms with E-state index in [1.807, 2.05) is 24.3 Å². The highest BCUT2D eigenvalue weighted by Crippen LogP contribution is 2.45. The lowest BCUT2D eigenvalue weighted by Gasteiger charge is -2.53. The molecule has 0 amide bonds. The van der Waals surface area contributed by atoms with Gasteiger partial charge in [-0.15, -0.1) is 0 Å². The molecule has 0 radical (unpaired) electrons. The van der Waals surface area contributed by atoms with E-state index in [4.69, 9.17) is 16.4 Å². The Labute approximate surface area is 159 Å². The van der Waals surface area contributed by atoms with Crippen LogP contribution in [-0.4, -0.2) is 41.0 Å². The molecule has 6 rings (SSSR count). The lowest BCUT2D eigenvalue weighted by Crippen LogP contribution is -2.66. The first-order chi connectivity index (χ1) is 12.7. The Morgan fingerprint density at radius 3 is 2.42 bits per heavy atom. The largest absolute Gasteiger partial charge is 0.363 e. The van der Waals surface area contributed by atoms with E-state index >= 15 is 0 Å². The quantitative estimate of drug-likeness (QED) is 0.822. The zero-order valence-corrected chi connectivity index (χ0v) is 15.4. The molecule has 4 heterocycles. The number of benzene rings is 2. The molecule has 2 aromatic rings. The summed E-state index contributed by atoms with van der Waals surface area (Å²) in [6, 6.07) is 18.5. The number of oxime groups is 1. The van der Waals surface area contributed by atoms with Gasteiger partial charge in [-0.1, -0.05) is 47.1 Å². The molecule has 4 nitrogen and oxygen atoms in total. The monoisotopic (exact) mass is 367 g/mol. The number of fused-ring (bicyclic) bond motifs is 2. The summed E-state index contributed by atoms with van der Waals surface area (Å²) in [7, 11) is 0. The van der Waals surface area contributed by atoms with Crippen molar-refractivity contribution in [1.82, 2.24) is 9.80 Å². The number of halogens is 1. The van der Waals surface area contributed by atoms with E-state index in [0.29, 0.717) is 5.92 Å². The summed E-state index contributed by atoms with van der Waals surface area (Å²) in [4.78, 5) is 11.1. The van der Waals surface area contributed by atoms with Crippen LogP contribution in [0.3, 0.4) is 0 Å². The molecular weight excluding hydrogens is 346 g/mol. The number of hydrogen-bond acceptors (Lipinski definition) is 4. The molecule has 1 unspecified atom stereocenters. The summed E-state index contributed by atoms with van der Waals surface area (Å²) in [6.45, 7) is 4.06. The van der Waals surface area contributed by atoms with Gasteiger partial charge in [-0.2, -0.15) is 0 Å². The van der Waals surface area contributed by atoms with E-state index < -0.39 is 0 Å². The molecule has 3 fully saturated rings. The molecule has 1 atom stereocenters. The topological polar surface area (TPSA) is 28.1 Å². The van der Waals surface area contributed by atoms with Gasteiger partial charge in [-0.25, -0.2) is 0 Å². The average molecular weight is 368 g/mol. The molecule has 4 aliphatic rings. The van der Waals surface area contributed by atoms with Crippen molar-refractivity contribution in [3.05, 3.63) is 70.7 Å². The standard InChI is InChI=1S/C21H22ClN3O/c22-19-8-6-17(7-9-19)20-23-26-21(15-24-12-10-18(21)11-13-24)25(20)14-16-4-2-1-3-5-16/h1-9,18H,10-15H2. The lowest BCUT2D eigenvalue weighted by molar-refractivity contribution is -0.198. The van der Waals surface area contributed by atoms with Gasteiger partial charge in [-0.05, 0) is 55.8 Å². The third-order valence-electron chi connectivity index (χ3n) is 5.96. The summed E-state index contributed by atoms with van der Waals surface area (Å²) in [5.74, 6) is 1.43. The fourth-order valence-electron chi connectivity index (χ4n) is 4.58. The van der Waals surface area contributed by atoms with Gasteiger partial charge in [0.05, 0.1) is 6.54 Å². The number of piperidine rings is 3. The minimum atomic E-state index is -0.346. The molecule has 3 saturated heterocycles. The van der Waals surface area contributed by atoms with Gasteiger partial charge in [0.15, 0.2) is 5.84 Å².